The Kier molecular flexibility index (Phi) is 6.32. The van der Waals surface area contributed by atoms with Crippen molar-refractivity contribution in [3.63, 3.8) is 0 Å². The monoisotopic (exact) mass is 462 g/mol. The molecule has 0 fully saturated rings. The first-order valence-electron chi connectivity index (χ1n) is 10.6. The summed E-state index contributed by atoms with van der Waals surface area (Å²) in [5, 5.41) is 7.39. The van der Waals surface area contributed by atoms with Gasteiger partial charge < -0.3 is 28.5 Å². The van der Waals surface area contributed by atoms with E-state index >= 15 is 0 Å². The number of methoxy groups -OCH3 is 3. The summed E-state index contributed by atoms with van der Waals surface area (Å²) in [6.45, 7) is 5.54. The highest BCUT2D eigenvalue weighted by Crippen LogP contribution is 2.42. The lowest BCUT2D eigenvalue weighted by Crippen LogP contribution is -2.09. The molecular weight excluding hydrogens is 436 g/mol. The van der Waals surface area contributed by atoms with Crippen molar-refractivity contribution in [1.29, 1.82) is 0 Å². The highest BCUT2D eigenvalue weighted by atomic mass is 16.5. The van der Waals surface area contributed by atoms with Gasteiger partial charge in [-0.3, -0.25) is 4.79 Å². The van der Waals surface area contributed by atoms with E-state index in [-0.39, 0.29) is 5.91 Å². The van der Waals surface area contributed by atoms with E-state index in [2.05, 4.69) is 10.5 Å². The maximum absolute atomic E-state index is 12.6. The highest BCUT2D eigenvalue weighted by molar-refractivity contribution is 6.05. The van der Waals surface area contributed by atoms with Crippen molar-refractivity contribution in [3.8, 4) is 28.4 Å². The average Bonchev–Trinajstić information content (AvgIpc) is 3.44. The quantitative estimate of drug-likeness (QED) is 0.348. The molecule has 1 N–H and O–H groups in total. The fourth-order valence-corrected chi connectivity index (χ4v) is 3.96. The summed E-state index contributed by atoms with van der Waals surface area (Å²) in [5.74, 6) is 2.55. The fourth-order valence-electron chi connectivity index (χ4n) is 3.96. The number of ether oxygens (including phenoxy) is 3. The third kappa shape index (κ3) is 4.22. The number of nitrogens with zero attached hydrogens (tertiary/aromatic N) is 1. The Labute approximate surface area is 197 Å². The number of aromatic nitrogens is 1. The number of carbonyl (C=O) groups excluding carboxylic acids is 1. The van der Waals surface area contributed by atoms with Gasteiger partial charge in [0.05, 0.1) is 27.6 Å². The third-order valence-corrected chi connectivity index (χ3v) is 5.59. The van der Waals surface area contributed by atoms with Crippen LogP contribution >= 0.6 is 0 Å². The van der Waals surface area contributed by atoms with Crippen LogP contribution in [0.5, 0.6) is 17.2 Å². The van der Waals surface area contributed by atoms with Gasteiger partial charge in [-0.05, 0) is 50.1 Å². The molecule has 1 amide bonds. The summed E-state index contributed by atoms with van der Waals surface area (Å²) in [6, 6.07) is 9.32. The second-order valence-corrected chi connectivity index (χ2v) is 7.82. The van der Waals surface area contributed by atoms with E-state index in [4.69, 9.17) is 23.2 Å². The predicted octanol–water partition coefficient (Wildman–Crippen LogP) is 5.77. The topological polar surface area (TPSA) is 96.0 Å². The summed E-state index contributed by atoms with van der Waals surface area (Å²) >= 11 is 0. The van der Waals surface area contributed by atoms with Gasteiger partial charge >= 0.3 is 0 Å². The van der Waals surface area contributed by atoms with Crippen molar-refractivity contribution < 1.29 is 27.9 Å². The second-order valence-electron chi connectivity index (χ2n) is 7.82. The molecule has 2 aromatic heterocycles. The molecule has 2 heterocycles. The normalized spacial score (nSPS) is 11.5. The van der Waals surface area contributed by atoms with Crippen LogP contribution in [0.3, 0.4) is 0 Å². The van der Waals surface area contributed by atoms with Gasteiger partial charge in [-0.15, -0.1) is 0 Å². The molecule has 0 bridgehead atoms. The number of benzene rings is 2. The van der Waals surface area contributed by atoms with Crippen LogP contribution in [-0.4, -0.2) is 32.4 Å². The third-order valence-electron chi connectivity index (χ3n) is 5.59. The molecule has 0 unspecified atom stereocenters. The van der Waals surface area contributed by atoms with Gasteiger partial charge in [0.1, 0.15) is 17.1 Å². The lowest BCUT2D eigenvalue weighted by atomic mass is 9.96. The van der Waals surface area contributed by atoms with Crippen molar-refractivity contribution >= 4 is 28.3 Å². The Hall–Kier alpha value is -4.20. The number of rotatable bonds is 7. The first-order chi connectivity index (χ1) is 16.4. The maximum Gasteiger partial charge on any atom is 0.249 e. The highest BCUT2D eigenvalue weighted by Gasteiger charge is 2.20. The zero-order valence-electron chi connectivity index (χ0n) is 19.9. The number of hydrogen-bond acceptors (Lipinski definition) is 7. The molecule has 4 rings (SSSR count). The molecule has 0 aliphatic carbocycles. The Balaban J connectivity index is 1.79. The number of nitrogens with one attached hydrogen (secondary N) is 1. The van der Waals surface area contributed by atoms with Gasteiger partial charge in [0.15, 0.2) is 17.3 Å². The van der Waals surface area contributed by atoms with Crippen molar-refractivity contribution in [2.24, 2.45) is 0 Å². The number of amides is 1. The van der Waals surface area contributed by atoms with E-state index in [9.17, 15) is 4.79 Å². The van der Waals surface area contributed by atoms with Gasteiger partial charge in [-0.2, -0.15) is 0 Å². The van der Waals surface area contributed by atoms with Crippen LogP contribution in [0.2, 0.25) is 0 Å². The Morgan fingerprint density at radius 1 is 1.03 bits per heavy atom. The SMILES string of the molecule is COc1ccc(-c2coc3c(C)c(OC)c(/C(C)=C/C(=O)Nc4cc(C)on4)cc23)cc1OC. The lowest BCUT2D eigenvalue weighted by molar-refractivity contribution is -0.111. The van der Waals surface area contributed by atoms with Crippen LogP contribution in [0, 0.1) is 13.8 Å². The summed E-state index contributed by atoms with van der Waals surface area (Å²) in [5.41, 5.74) is 4.84. The molecule has 8 nitrogen and oxygen atoms in total. The van der Waals surface area contributed by atoms with Crippen molar-refractivity contribution in [1.82, 2.24) is 5.16 Å². The number of carbonyl (C=O) groups is 1. The minimum Gasteiger partial charge on any atom is -0.496 e. The van der Waals surface area contributed by atoms with Crippen LogP contribution in [-0.2, 0) is 4.79 Å². The van der Waals surface area contributed by atoms with Gasteiger partial charge in [0.25, 0.3) is 0 Å². The molecule has 0 radical (unpaired) electrons. The second kappa shape index (κ2) is 9.35. The van der Waals surface area contributed by atoms with E-state index in [1.54, 1.807) is 40.6 Å². The van der Waals surface area contributed by atoms with Crippen LogP contribution < -0.4 is 19.5 Å². The number of furan rings is 1. The zero-order chi connectivity index (χ0) is 24.4. The van der Waals surface area contributed by atoms with Gasteiger partial charge in [-0.25, -0.2) is 0 Å². The molecule has 2 aromatic carbocycles. The van der Waals surface area contributed by atoms with Gasteiger partial charge in [0, 0.05) is 34.2 Å². The Morgan fingerprint density at radius 3 is 2.44 bits per heavy atom. The molecule has 8 heteroatoms. The van der Waals surface area contributed by atoms with Crippen LogP contribution in [0.4, 0.5) is 5.82 Å². The van der Waals surface area contributed by atoms with E-state index in [1.165, 1.54) is 6.08 Å². The molecule has 34 heavy (non-hydrogen) atoms. The van der Waals surface area contributed by atoms with Gasteiger partial charge in [-0.1, -0.05) is 11.2 Å². The van der Waals surface area contributed by atoms with E-state index in [0.717, 1.165) is 33.2 Å². The molecule has 0 saturated heterocycles. The van der Waals surface area contributed by atoms with E-state index in [1.807, 2.05) is 38.1 Å². The largest absolute Gasteiger partial charge is 0.496 e. The number of allylic oxidation sites excluding steroid dienone is 1. The summed E-state index contributed by atoms with van der Waals surface area (Å²) in [7, 11) is 4.80. The standard InChI is InChI=1S/C26H26N2O6/c1-14(9-24(29)27-23-10-15(2)34-28-23)18-12-19-20(13-33-26(19)16(3)25(18)32-6)17-7-8-21(30-4)22(11-17)31-5/h7-13H,1-6H3,(H,27,28,29)/b14-9+. The van der Waals surface area contributed by atoms with E-state index in [0.29, 0.717) is 34.4 Å². The van der Waals surface area contributed by atoms with Crippen molar-refractivity contribution in [3.05, 3.63) is 59.6 Å². The number of aryl methyl sites for hydroxylation is 2. The minimum atomic E-state index is -0.321. The molecule has 4 aromatic rings. The average molecular weight is 463 g/mol. The number of fused-ring (bicyclic) bond motifs is 1. The summed E-state index contributed by atoms with van der Waals surface area (Å²) in [4.78, 5) is 12.6. The first-order valence-corrected chi connectivity index (χ1v) is 10.6. The number of anilines is 1. The molecular formula is C26H26N2O6. The fraction of sp³-hybridized carbons (Fsp3) is 0.231. The van der Waals surface area contributed by atoms with Gasteiger partial charge in [0.2, 0.25) is 5.91 Å². The number of hydrogen-bond donors (Lipinski definition) is 1. The van der Waals surface area contributed by atoms with Crippen LogP contribution in [0.15, 0.2) is 51.6 Å². The smallest absolute Gasteiger partial charge is 0.249 e. The summed E-state index contributed by atoms with van der Waals surface area (Å²) in [6.07, 6.45) is 3.21. The summed E-state index contributed by atoms with van der Waals surface area (Å²) < 4.78 is 27.4. The zero-order valence-corrected chi connectivity index (χ0v) is 19.9. The molecule has 0 spiro atoms. The van der Waals surface area contributed by atoms with E-state index < -0.39 is 0 Å². The predicted molar refractivity (Wildman–Crippen MR) is 130 cm³/mol. The van der Waals surface area contributed by atoms with Crippen LogP contribution in [0.1, 0.15) is 23.8 Å². The Morgan fingerprint density at radius 2 is 1.79 bits per heavy atom. The van der Waals surface area contributed by atoms with Crippen molar-refractivity contribution in [2.45, 2.75) is 20.8 Å². The Bertz CT molecular complexity index is 1400. The lowest BCUT2D eigenvalue weighted by Gasteiger charge is -2.13. The molecule has 0 saturated carbocycles. The molecule has 0 aliphatic rings. The maximum atomic E-state index is 12.6. The first kappa shape index (κ1) is 23.0. The molecule has 0 aliphatic heterocycles. The molecule has 0 atom stereocenters. The molecule has 176 valence electrons. The van der Waals surface area contributed by atoms with Crippen molar-refractivity contribution in [2.75, 3.05) is 26.6 Å². The minimum absolute atomic E-state index is 0.321. The van der Waals surface area contributed by atoms with Crippen LogP contribution in [0.25, 0.3) is 27.7 Å².